The molecule has 5 nitrogen and oxygen atoms in total. The van der Waals surface area contributed by atoms with Crippen LogP contribution in [0.25, 0.3) is 0 Å². The Balaban J connectivity index is 2.69. The van der Waals surface area contributed by atoms with E-state index in [1.165, 1.54) is 12.1 Å². The monoisotopic (exact) mass is 334 g/mol. The fraction of sp³-hybridized carbons (Fsp3) is 0.300. The summed E-state index contributed by atoms with van der Waals surface area (Å²) in [5, 5.41) is 10.4. The van der Waals surface area contributed by atoms with E-state index >= 15 is 0 Å². The molecule has 0 fully saturated rings. The van der Waals surface area contributed by atoms with Gasteiger partial charge < -0.3 is 0 Å². The van der Waals surface area contributed by atoms with Crippen LogP contribution >= 0.6 is 22.9 Å². The standard InChI is InChI=1S/C10H11IN2O3/c1-2-12(11)10(14)7-8-3-5-9(6-4-8)13(15)16/h3-6H,2,7H2,1H3. The van der Waals surface area contributed by atoms with Crippen molar-refractivity contribution in [3.05, 3.63) is 39.9 Å². The van der Waals surface area contributed by atoms with Gasteiger partial charge in [-0.25, -0.2) is 0 Å². The van der Waals surface area contributed by atoms with E-state index in [0.29, 0.717) is 6.54 Å². The maximum absolute atomic E-state index is 11.5. The Morgan fingerprint density at radius 1 is 1.44 bits per heavy atom. The molecule has 1 aromatic rings. The van der Waals surface area contributed by atoms with E-state index in [1.807, 2.05) is 29.8 Å². The van der Waals surface area contributed by atoms with E-state index in [-0.39, 0.29) is 18.0 Å². The van der Waals surface area contributed by atoms with Crippen molar-refractivity contribution < 1.29 is 9.72 Å². The zero-order valence-electron chi connectivity index (χ0n) is 8.72. The highest BCUT2D eigenvalue weighted by Gasteiger charge is 2.10. The molecular weight excluding hydrogens is 323 g/mol. The minimum absolute atomic E-state index is 0.00282. The largest absolute Gasteiger partial charge is 0.285 e. The highest BCUT2D eigenvalue weighted by atomic mass is 127. The Hall–Kier alpha value is -1.18. The lowest BCUT2D eigenvalue weighted by Crippen LogP contribution is -2.21. The molecule has 1 aromatic carbocycles. The summed E-state index contributed by atoms with van der Waals surface area (Å²) in [7, 11) is 0. The molecule has 0 saturated carbocycles. The third-order valence-electron chi connectivity index (χ3n) is 2.05. The van der Waals surface area contributed by atoms with Crippen LogP contribution in [0, 0.1) is 10.1 Å². The predicted molar refractivity (Wildman–Crippen MR) is 68.2 cm³/mol. The van der Waals surface area contributed by atoms with Gasteiger partial charge in [-0.15, -0.1) is 0 Å². The van der Waals surface area contributed by atoms with Crippen molar-refractivity contribution in [3.63, 3.8) is 0 Å². The van der Waals surface area contributed by atoms with Gasteiger partial charge >= 0.3 is 0 Å². The average Bonchev–Trinajstić information content (AvgIpc) is 2.28. The summed E-state index contributed by atoms with van der Waals surface area (Å²) in [5.74, 6) is -0.00282. The molecule has 16 heavy (non-hydrogen) atoms. The predicted octanol–water partition coefficient (Wildman–Crippen LogP) is 2.34. The van der Waals surface area contributed by atoms with Crippen LogP contribution in [0.4, 0.5) is 5.69 Å². The van der Waals surface area contributed by atoms with Crippen molar-refractivity contribution in [1.82, 2.24) is 3.11 Å². The summed E-state index contributed by atoms with van der Waals surface area (Å²) in [6, 6.07) is 6.03. The number of halogens is 1. The second-order valence-electron chi connectivity index (χ2n) is 3.17. The number of hydrogen-bond acceptors (Lipinski definition) is 3. The number of carbonyl (C=O) groups excluding carboxylic acids is 1. The second kappa shape index (κ2) is 5.78. The number of amides is 1. The van der Waals surface area contributed by atoms with Crippen LogP contribution in [-0.2, 0) is 11.2 Å². The fourth-order valence-corrected chi connectivity index (χ4v) is 1.34. The summed E-state index contributed by atoms with van der Waals surface area (Å²) >= 11 is 1.95. The zero-order valence-corrected chi connectivity index (χ0v) is 10.9. The van der Waals surface area contributed by atoms with E-state index in [0.717, 1.165) is 5.56 Å². The minimum Gasteiger partial charge on any atom is -0.285 e. The van der Waals surface area contributed by atoms with Crippen molar-refractivity contribution in [3.8, 4) is 0 Å². The lowest BCUT2D eigenvalue weighted by Gasteiger charge is -2.11. The molecule has 0 unspecified atom stereocenters. The molecule has 6 heteroatoms. The summed E-state index contributed by atoms with van der Waals surface area (Å²) in [5.41, 5.74) is 0.823. The van der Waals surface area contributed by atoms with Gasteiger partial charge in [0.2, 0.25) is 5.91 Å². The molecule has 86 valence electrons. The first-order valence-corrected chi connectivity index (χ1v) is 5.70. The van der Waals surface area contributed by atoms with Gasteiger partial charge in [0.05, 0.1) is 34.2 Å². The van der Waals surface area contributed by atoms with Crippen molar-refractivity contribution >= 4 is 34.5 Å². The Kier molecular flexibility index (Phi) is 4.66. The highest BCUT2D eigenvalue weighted by Crippen LogP contribution is 2.13. The molecule has 0 atom stereocenters. The number of carbonyl (C=O) groups is 1. The number of nitrogens with zero attached hydrogens (tertiary/aromatic N) is 2. The van der Waals surface area contributed by atoms with Gasteiger partial charge in [-0.05, 0) is 12.5 Å². The molecule has 0 bridgehead atoms. The first kappa shape index (κ1) is 12.9. The van der Waals surface area contributed by atoms with Crippen molar-refractivity contribution in [1.29, 1.82) is 0 Å². The van der Waals surface area contributed by atoms with Crippen molar-refractivity contribution in [2.45, 2.75) is 13.3 Å². The molecular formula is C10H11IN2O3. The van der Waals surface area contributed by atoms with E-state index in [9.17, 15) is 14.9 Å². The van der Waals surface area contributed by atoms with Gasteiger partial charge in [0.1, 0.15) is 0 Å². The summed E-state index contributed by atoms with van der Waals surface area (Å²) in [6.07, 6.45) is 0.273. The molecule has 0 heterocycles. The Labute approximate surface area is 107 Å². The minimum atomic E-state index is -0.456. The van der Waals surface area contributed by atoms with Gasteiger partial charge in [-0.1, -0.05) is 12.1 Å². The molecule has 0 N–H and O–H groups in total. The average molecular weight is 334 g/mol. The summed E-state index contributed by atoms with van der Waals surface area (Å²) in [4.78, 5) is 21.5. The number of rotatable bonds is 4. The van der Waals surface area contributed by atoms with Crippen LogP contribution in [0.3, 0.4) is 0 Å². The van der Waals surface area contributed by atoms with Crippen LogP contribution in [0.1, 0.15) is 12.5 Å². The van der Waals surface area contributed by atoms with Gasteiger partial charge in [0.25, 0.3) is 5.69 Å². The van der Waals surface area contributed by atoms with Gasteiger partial charge in [-0.2, -0.15) is 0 Å². The maximum Gasteiger partial charge on any atom is 0.269 e. The Morgan fingerprint density at radius 3 is 2.44 bits per heavy atom. The first-order chi connectivity index (χ1) is 7.54. The smallest absolute Gasteiger partial charge is 0.269 e. The fourth-order valence-electron chi connectivity index (χ4n) is 1.17. The second-order valence-corrected chi connectivity index (χ2v) is 4.34. The molecule has 1 amide bonds. The number of nitro groups is 1. The van der Waals surface area contributed by atoms with Crippen LogP contribution in [0.2, 0.25) is 0 Å². The number of likely N-dealkylation sites (N-methyl/N-ethyl adjacent to an activating group) is 1. The van der Waals surface area contributed by atoms with E-state index < -0.39 is 4.92 Å². The van der Waals surface area contributed by atoms with Crippen LogP contribution in [-0.4, -0.2) is 20.5 Å². The number of benzene rings is 1. The lowest BCUT2D eigenvalue weighted by atomic mass is 10.1. The topological polar surface area (TPSA) is 63.5 Å². The van der Waals surface area contributed by atoms with Gasteiger partial charge in [-0.3, -0.25) is 18.0 Å². The van der Waals surface area contributed by atoms with Crippen LogP contribution in [0.15, 0.2) is 24.3 Å². The third-order valence-corrected chi connectivity index (χ3v) is 3.27. The summed E-state index contributed by atoms with van der Waals surface area (Å²) in [6.45, 7) is 2.53. The van der Waals surface area contributed by atoms with E-state index in [1.54, 1.807) is 15.2 Å². The summed E-state index contributed by atoms with van der Waals surface area (Å²) < 4.78 is 1.58. The molecule has 0 aliphatic rings. The molecule has 0 aliphatic heterocycles. The van der Waals surface area contributed by atoms with E-state index in [4.69, 9.17) is 0 Å². The molecule has 0 spiro atoms. The van der Waals surface area contributed by atoms with Gasteiger partial charge in [0.15, 0.2) is 0 Å². The Morgan fingerprint density at radius 2 is 2.00 bits per heavy atom. The van der Waals surface area contributed by atoms with Gasteiger partial charge in [0, 0.05) is 18.7 Å². The molecule has 0 aromatic heterocycles. The Bertz CT molecular complexity index is 392. The molecule has 1 rings (SSSR count). The number of non-ortho nitro benzene ring substituents is 1. The molecule has 0 aliphatic carbocycles. The molecule has 0 radical (unpaired) electrons. The quantitative estimate of drug-likeness (QED) is 0.367. The highest BCUT2D eigenvalue weighted by molar-refractivity contribution is 14.1. The lowest BCUT2D eigenvalue weighted by molar-refractivity contribution is -0.384. The van der Waals surface area contributed by atoms with Crippen LogP contribution < -0.4 is 0 Å². The number of hydrogen-bond donors (Lipinski definition) is 0. The van der Waals surface area contributed by atoms with Crippen LogP contribution in [0.5, 0.6) is 0 Å². The third kappa shape index (κ3) is 3.44. The van der Waals surface area contributed by atoms with E-state index in [2.05, 4.69) is 0 Å². The normalized spacial score (nSPS) is 9.88. The zero-order chi connectivity index (χ0) is 12.1. The maximum atomic E-state index is 11.5. The first-order valence-electron chi connectivity index (χ1n) is 4.74. The number of nitro benzene ring substituents is 1. The van der Waals surface area contributed by atoms with Crippen molar-refractivity contribution in [2.24, 2.45) is 0 Å². The molecule has 0 saturated heterocycles. The SMILES string of the molecule is CCN(I)C(=O)Cc1ccc([N+](=O)[O-])cc1. The van der Waals surface area contributed by atoms with Crippen molar-refractivity contribution in [2.75, 3.05) is 6.54 Å².